The molecule has 0 heterocycles. The molecule has 1 aromatic carbocycles. The fraction of sp³-hybridized carbons (Fsp3) is 0.474. The second kappa shape index (κ2) is 8.48. The van der Waals surface area contributed by atoms with Gasteiger partial charge in [-0.15, -0.1) is 0 Å². The molecule has 0 N–H and O–H groups in total. The molecule has 0 spiro atoms. The van der Waals surface area contributed by atoms with Crippen LogP contribution in [0.25, 0.3) is 0 Å². The smallest absolute Gasteiger partial charge is 0.158 e. The highest BCUT2D eigenvalue weighted by Gasteiger charge is 2.11. The Morgan fingerprint density at radius 1 is 1.20 bits per heavy atom. The van der Waals surface area contributed by atoms with Gasteiger partial charge in [-0.1, -0.05) is 68.0 Å². The molecule has 0 radical (unpaired) electrons. The van der Waals surface area contributed by atoms with E-state index in [-0.39, 0.29) is 6.10 Å². The third kappa shape index (κ3) is 5.13. The molecule has 0 aliphatic heterocycles. The van der Waals surface area contributed by atoms with E-state index in [1.165, 1.54) is 43.9 Å². The molecule has 0 saturated heterocycles. The average Bonchev–Trinajstić information content (AvgIpc) is 2.52. The van der Waals surface area contributed by atoms with Crippen molar-refractivity contribution in [3.63, 3.8) is 0 Å². The standard InChI is InChI=1S/C19H24O/c1-2-20-19(15-13-17-9-5-3-6-10-17)16-14-18-11-7-4-8-12-18/h2-3,5-6,9-10,18-19H,1,4,7-8,11-13,15H2. The Hall–Kier alpha value is -1.68. The van der Waals surface area contributed by atoms with Gasteiger partial charge in [0.2, 0.25) is 0 Å². The van der Waals surface area contributed by atoms with Gasteiger partial charge in [-0.3, -0.25) is 0 Å². The molecular weight excluding hydrogens is 244 g/mol. The van der Waals surface area contributed by atoms with Crippen LogP contribution in [0, 0.1) is 17.8 Å². The van der Waals surface area contributed by atoms with Crippen molar-refractivity contribution >= 4 is 0 Å². The monoisotopic (exact) mass is 268 g/mol. The molecule has 1 atom stereocenters. The molecule has 1 nitrogen and oxygen atoms in total. The summed E-state index contributed by atoms with van der Waals surface area (Å²) < 4.78 is 5.55. The predicted octanol–water partition coefficient (Wildman–Crippen LogP) is 4.73. The number of aryl methyl sites for hydroxylation is 1. The highest BCUT2D eigenvalue weighted by atomic mass is 16.5. The molecular formula is C19H24O. The molecule has 0 amide bonds. The molecule has 0 aromatic heterocycles. The second-order valence-corrected chi connectivity index (χ2v) is 5.44. The van der Waals surface area contributed by atoms with Crippen molar-refractivity contribution in [2.45, 2.75) is 51.0 Å². The zero-order chi connectivity index (χ0) is 14.0. The third-order valence-corrected chi connectivity index (χ3v) is 3.85. The average molecular weight is 268 g/mol. The molecule has 1 aliphatic carbocycles. The number of rotatable bonds is 5. The maximum absolute atomic E-state index is 5.55. The van der Waals surface area contributed by atoms with Crippen molar-refractivity contribution in [3.05, 3.63) is 48.7 Å². The summed E-state index contributed by atoms with van der Waals surface area (Å²) in [7, 11) is 0. The Morgan fingerprint density at radius 2 is 1.95 bits per heavy atom. The van der Waals surface area contributed by atoms with Crippen molar-refractivity contribution in [2.24, 2.45) is 5.92 Å². The van der Waals surface area contributed by atoms with Crippen molar-refractivity contribution in [3.8, 4) is 11.8 Å². The number of benzene rings is 1. The lowest BCUT2D eigenvalue weighted by atomic mass is 9.89. The van der Waals surface area contributed by atoms with E-state index in [4.69, 9.17) is 4.74 Å². The topological polar surface area (TPSA) is 9.23 Å². The molecule has 106 valence electrons. The van der Waals surface area contributed by atoms with Crippen molar-refractivity contribution in [1.29, 1.82) is 0 Å². The van der Waals surface area contributed by atoms with E-state index in [1.807, 2.05) is 6.07 Å². The van der Waals surface area contributed by atoms with Gasteiger partial charge >= 0.3 is 0 Å². The van der Waals surface area contributed by atoms with E-state index in [0.717, 1.165) is 12.8 Å². The van der Waals surface area contributed by atoms with E-state index >= 15 is 0 Å². The Morgan fingerprint density at radius 3 is 2.65 bits per heavy atom. The third-order valence-electron chi connectivity index (χ3n) is 3.85. The Labute approximate surface area is 123 Å². The van der Waals surface area contributed by atoms with E-state index < -0.39 is 0 Å². The summed E-state index contributed by atoms with van der Waals surface area (Å²) in [6, 6.07) is 10.5. The molecule has 1 saturated carbocycles. The number of hydrogen-bond donors (Lipinski definition) is 0. The first kappa shape index (κ1) is 14.7. The van der Waals surface area contributed by atoms with Crippen LogP contribution in [0.5, 0.6) is 0 Å². The zero-order valence-corrected chi connectivity index (χ0v) is 12.2. The van der Waals surface area contributed by atoms with Crippen LogP contribution in [0.3, 0.4) is 0 Å². The largest absolute Gasteiger partial charge is 0.486 e. The van der Waals surface area contributed by atoms with Crippen molar-refractivity contribution in [2.75, 3.05) is 0 Å². The summed E-state index contributed by atoms with van der Waals surface area (Å²) in [6.07, 6.45) is 9.97. The molecule has 1 aromatic rings. The Kier molecular flexibility index (Phi) is 6.24. The molecule has 1 aliphatic rings. The minimum Gasteiger partial charge on any atom is -0.486 e. The molecule has 20 heavy (non-hydrogen) atoms. The van der Waals surface area contributed by atoms with E-state index in [1.54, 1.807) is 0 Å². The first-order chi connectivity index (χ1) is 9.88. The van der Waals surface area contributed by atoms with Gasteiger partial charge in [-0.05, 0) is 31.2 Å². The van der Waals surface area contributed by atoms with Gasteiger partial charge in [-0.2, -0.15) is 0 Å². The molecule has 1 fully saturated rings. The first-order valence-electron chi connectivity index (χ1n) is 7.70. The summed E-state index contributed by atoms with van der Waals surface area (Å²) in [6.45, 7) is 3.66. The van der Waals surface area contributed by atoms with Gasteiger partial charge in [0.05, 0.1) is 6.26 Å². The van der Waals surface area contributed by atoms with Gasteiger partial charge in [0.15, 0.2) is 6.10 Å². The van der Waals surface area contributed by atoms with Crippen LogP contribution in [-0.4, -0.2) is 6.10 Å². The summed E-state index contributed by atoms with van der Waals surface area (Å²) in [5.74, 6) is 7.32. The van der Waals surface area contributed by atoms with E-state index in [2.05, 4.69) is 42.7 Å². The lowest BCUT2D eigenvalue weighted by molar-refractivity contribution is 0.187. The maximum Gasteiger partial charge on any atom is 0.158 e. The van der Waals surface area contributed by atoms with Crippen LogP contribution < -0.4 is 0 Å². The second-order valence-electron chi connectivity index (χ2n) is 5.44. The molecule has 2 rings (SSSR count). The highest BCUT2D eigenvalue weighted by molar-refractivity contribution is 5.16. The van der Waals surface area contributed by atoms with E-state index in [9.17, 15) is 0 Å². The van der Waals surface area contributed by atoms with Crippen LogP contribution >= 0.6 is 0 Å². The van der Waals surface area contributed by atoms with Gasteiger partial charge in [0.1, 0.15) is 0 Å². The Balaban J connectivity index is 1.86. The quantitative estimate of drug-likeness (QED) is 0.554. The fourth-order valence-electron chi connectivity index (χ4n) is 2.69. The number of ether oxygens (including phenoxy) is 1. The van der Waals surface area contributed by atoms with Gasteiger partial charge in [0, 0.05) is 5.92 Å². The summed E-state index contributed by atoms with van der Waals surface area (Å²) in [4.78, 5) is 0. The molecule has 1 unspecified atom stereocenters. The van der Waals surface area contributed by atoms with Crippen molar-refractivity contribution in [1.82, 2.24) is 0 Å². The minimum absolute atomic E-state index is 0.0189. The maximum atomic E-state index is 5.55. The molecule has 0 bridgehead atoms. The summed E-state index contributed by atoms with van der Waals surface area (Å²) in [5, 5.41) is 0. The van der Waals surface area contributed by atoms with Crippen molar-refractivity contribution < 1.29 is 4.74 Å². The highest BCUT2D eigenvalue weighted by Crippen LogP contribution is 2.22. The van der Waals surface area contributed by atoms with Crippen LogP contribution in [0.4, 0.5) is 0 Å². The lowest BCUT2D eigenvalue weighted by Crippen LogP contribution is -2.10. The molecule has 1 heteroatoms. The van der Waals surface area contributed by atoms with E-state index in [0.29, 0.717) is 5.92 Å². The first-order valence-corrected chi connectivity index (χ1v) is 7.70. The SMILES string of the molecule is C=COC(C#CC1CCCCC1)CCc1ccccc1. The summed E-state index contributed by atoms with van der Waals surface area (Å²) >= 11 is 0. The van der Waals surface area contributed by atoms with Gasteiger partial charge < -0.3 is 4.74 Å². The zero-order valence-electron chi connectivity index (χ0n) is 12.2. The Bertz CT molecular complexity index is 446. The van der Waals surface area contributed by atoms with Gasteiger partial charge in [0.25, 0.3) is 0 Å². The van der Waals surface area contributed by atoms with Crippen LogP contribution in [0.1, 0.15) is 44.1 Å². The van der Waals surface area contributed by atoms with Crippen LogP contribution in [0.2, 0.25) is 0 Å². The minimum atomic E-state index is -0.0189. The number of hydrogen-bond acceptors (Lipinski definition) is 1. The fourth-order valence-corrected chi connectivity index (χ4v) is 2.69. The summed E-state index contributed by atoms with van der Waals surface area (Å²) in [5.41, 5.74) is 1.34. The van der Waals surface area contributed by atoms with Crippen LogP contribution in [-0.2, 0) is 11.2 Å². The van der Waals surface area contributed by atoms with Crippen LogP contribution in [0.15, 0.2) is 43.2 Å². The van der Waals surface area contributed by atoms with Gasteiger partial charge in [-0.25, -0.2) is 0 Å². The predicted molar refractivity (Wildman–Crippen MR) is 84.2 cm³/mol. The normalized spacial score (nSPS) is 16.8. The lowest BCUT2D eigenvalue weighted by Gasteiger charge is -2.16.